The molecule has 1 aromatic rings. The average Bonchev–Trinajstić information content (AvgIpc) is 2.64. The number of nitrogens with one attached hydrogen (secondary N) is 1. The summed E-state index contributed by atoms with van der Waals surface area (Å²) in [4.78, 5) is 38.8. The number of phenolic OH excluding ortho intramolecular Hbond substituents is 1. The van der Waals surface area contributed by atoms with Crippen LogP contribution < -0.4 is 5.32 Å². The molecule has 0 saturated heterocycles. The number of hydrogen-bond acceptors (Lipinski definition) is 5. The van der Waals surface area contributed by atoms with Crippen LogP contribution in [0.25, 0.3) is 0 Å². The summed E-state index contributed by atoms with van der Waals surface area (Å²) < 4.78 is 5.60. The third kappa shape index (κ3) is 4.29. The van der Waals surface area contributed by atoms with Crippen molar-refractivity contribution in [3.63, 3.8) is 0 Å². The number of amides is 1. The van der Waals surface area contributed by atoms with E-state index in [0.717, 1.165) is 11.6 Å². The van der Waals surface area contributed by atoms with Crippen LogP contribution in [0.4, 0.5) is 0 Å². The van der Waals surface area contributed by atoms with Gasteiger partial charge in [0.25, 0.3) is 0 Å². The molecular weight excluding hydrogens is 386 g/mol. The van der Waals surface area contributed by atoms with Gasteiger partial charge in [0.05, 0.1) is 24.4 Å². The van der Waals surface area contributed by atoms with Gasteiger partial charge in [-0.25, -0.2) is 0 Å². The fraction of sp³-hybridized carbons (Fsp3) is 0.500. The van der Waals surface area contributed by atoms with Crippen LogP contribution in [-0.2, 0) is 19.1 Å². The number of ether oxygens (including phenoxy) is 1. The number of aromatic hydroxyl groups is 1. The maximum Gasteiger partial charge on any atom is 0.310 e. The number of phenols is 1. The lowest BCUT2D eigenvalue weighted by Gasteiger charge is -2.46. The molecule has 4 rings (SSSR count). The Balaban J connectivity index is 1.95. The van der Waals surface area contributed by atoms with Crippen molar-refractivity contribution in [2.24, 2.45) is 11.8 Å². The lowest BCUT2D eigenvalue weighted by atomic mass is 9.55. The molecule has 4 unspecified atom stereocenters. The van der Waals surface area contributed by atoms with Crippen molar-refractivity contribution in [2.75, 3.05) is 13.2 Å². The number of Topliss-reactive ketones (excluding diaryl/α,β-unsaturated/α-hetero) is 1. The van der Waals surface area contributed by atoms with Gasteiger partial charge in [-0.2, -0.15) is 0 Å². The van der Waals surface area contributed by atoms with Gasteiger partial charge < -0.3 is 15.2 Å². The van der Waals surface area contributed by atoms with Gasteiger partial charge in [0.2, 0.25) is 5.91 Å². The Morgan fingerprint density at radius 1 is 1.28 bits per heavy atom. The van der Waals surface area contributed by atoms with E-state index >= 15 is 0 Å². The zero-order valence-electron chi connectivity index (χ0n) is 17.2. The maximum atomic E-state index is 13.1. The lowest BCUT2D eigenvalue weighted by molar-refractivity contribution is -0.158. The monoisotopic (exact) mass is 415 g/mol. The number of hydrogen-bond donors (Lipinski definition) is 2. The smallest absolute Gasteiger partial charge is 0.310 e. The first-order chi connectivity index (χ1) is 13.6. The normalized spacial score (nSPS) is 25.3. The van der Waals surface area contributed by atoms with E-state index in [1.165, 1.54) is 0 Å². The topological polar surface area (TPSA) is 92.7 Å². The lowest BCUT2D eigenvalue weighted by Crippen LogP contribution is -2.53. The minimum absolute atomic E-state index is 0.0450. The summed E-state index contributed by atoms with van der Waals surface area (Å²) in [6, 6.07) is 5.71. The molecule has 3 aliphatic rings. The number of ketones is 1. The molecule has 0 aromatic heterocycles. The van der Waals surface area contributed by atoms with Crippen LogP contribution in [0.3, 0.4) is 0 Å². The van der Waals surface area contributed by atoms with Gasteiger partial charge >= 0.3 is 5.97 Å². The van der Waals surface area contributed by atoms with Crippen molar-refractivity contribution >= 4 is 25.7 Å². The zero-order chi connectivity index (χ0) is 21.3. The second-order valence-electron chi connectivity index (χ2n) is 9.13. The Morgan fingerprint density at radius 3 is 2.66 bits per heavy atom. The quantitative estimate of drug-likeness (QED) is 0.406. The average molecular weight is 416 g/mol. The fourth-order valence-electron chi connectivity index (χ4n) is 4.44. The molecule has 0 heterocycles. The number of carbonyl (C=O) groups is 3. The van der Waals surface area contributed by atoms with Gasteiger partial charge in [0, 0.05) is 27.0 Å². The number of benzene rings is 1. The number of carbonyl (C=O) groups excluding carboxylic acids is 3. The minimum atomic E-state index is -1.37. The van der Waals surface area contributed by atoms with E-state index in [4.69, 9.17) is 4.74 Å². The van der Waals surface area contributed by atoms with Crippen LogP contribution in [-0.4, -0.2) is 44.0 Å². The first-order valence-electron chi connectivity index (χ1n) is 10.0. The summed E-state index contributed by atoms with van der Waals surface area (Å²) in [6.45, 7) is 10.8. The predicted octanol–water partition coefficient (Wildman–Crippen LogP) is 2.96. The van der Waals surface area contributed by atoms with E-state index in [2.05, 4.69) is 31.5 Å². The number of fused-ring (bicyclic) bond motifs is 2. The van der Waals surface area contributed by atoms with E-state index in [-0.39, 0.29) is 30.4 Å². The second-order valence-corrected chi connectivity index (χ2v) is 14.8. The molecule has 2 bridgehead atoms. The first-order valence-corrected chi connectivity index (χ1v) is 13.8. The predicted molar refractivity (Wildman–Crippen MR) is 113 cm³/mol. The molecule has 2 N–H and O–H groups in total. The van der Waals surface area contributed by atoms with Crippen LogP contribution in [0.1, 0.15) is 29.4 Å². The minimum Gasteiger partial charge on any atom is -0.508 e. The van der Waals surface area contributed by atoms with Crippen molar-refractivity contribution in [3.05, 3.63) is 42.0 Å². The molecule has 0 aliphatic heterocycles. The second kappa shape index (κ2) is 8.14. The first kappa shape index (κ1) is 21.3. The molecular formula is C22H29NO5Si. The number of esters is 1. The van der Waals surface area contributed by atoms with Crippen molar-refractivity contribution in [3.8, 4) is 5.75 Å². The number of rotatable bonds is 7. The van der Waals surface area contributed by atoms with E-state index < -0.39 is 37.7 Å². The summed E-state index contributed by atoms with van der Waals surface area (Å²) >= 11 is 0. The van der Waals surface area contributed by atoms with E-state index in [1.54, 1.807) is 24.3 Å². The molecule has 4 atom stereocenters. The molecule has 29 heavy (non-hydrogen) atoms. The van der Waals surface area contributed by atoms with Crippen molar-refractivity contribution in [1.82, 2.24) is 5.32 Å². The third-order valence-electron chi connectivity index (χ3n) is 5.84. The van der Waals surface area contributed by atoms with Crippen LogP contribution >= 0.6 is 0 Å². The van der Waals surface area contributed by atoms with E-state index in [9.17, 15) is 19.5 Å². The Hall–Kier alpha value is -2.41. The molecule has 1 aromatic carbocycles. The van der Waals surface area contributed by atoms with Crippen molar-refractivity contribution in [1.29, 1.82) is 0 Å². The molecule has 1 fully saturated rings. The van der Waals surface area contributed by atoms with E-state index in [1.807, 2.05) is 0 Å². The SMILES string of the molecule is C=CCNC(=O)C1C2C(=O)CC(c3ccc(O)cc32)C1C(=O)OCC[Si](C)(C)C. The van der Waals surface area contributed by atoms with Crippen molar-refractivity contribution in [2.45, 2.75) is 43.9 Å². The molecule has 0 radical (unpaired) electrons. The Labute approximate surface area is 172 Å². The van der Waals surface area contributed by atoms with Gasteiger partial charge in [0.1, 0.15) is 11.5 Å². The van der Waals surface area contributed by atoms with Gasteiger partial charge in [-0.3, -0.25) is 14.4 Å². The summed E-state index contributed by atoms with van der Waals surface area (Å²) in [6.07, 6.45) is 1.77. The zero-order valence-corrected chi connectivity index (χ0v) is 18.2. The van der Waals surface area contributed by atoms with Gasteiger partial charge in [-0.1, -0.05) is 31.8 Å². The highest BCUT2D eigenvalue weighted by Gasteiger charge is 2.57. The van der Waals surface area contributed by atoms with Crippen LogP contribution in [0.15, 0.2) is 30.9 Å². The molecule has 3 aliphatic carbocycles. The van der Waals surface area contributed by atoms with Crippen molar-refractivity contribution < 1.29 is 24.2 Å². The van der Waals surface area contributed by atoms with Gasteiger partial charge in [-0.05, 0) is 29.3 Å². The molecule has 1 amide bonds. The summed E-state index contributed by atoms with van der Waals surface area (Å²) in [7, 11) is -1.37. The maximum absolute atomic E-state index is 13.1. The third-order valence-corrected chi connectivity index (χ3v) is 7.55. The summed E-state index contributed by atoms with van der Waals surface area (Å²) in [5, 5.41) is 12.7. The van der Waals surface area contributed by atoms with Crippen LogP contribution in [0, 0.1) is 11.8 Å². The Kier molecular flexibility index (Phi) is 5.98. The Morgan fingerprint density at radius 2 is 2.00 bits per heavy atom. The largest absolute Gasteiger partial charge is 0.508 e. The molecule has 156 valence electrons. The molecule has 1 saturated carbocycles. The Bertz CT molecular complexity index is 844. The molecule has 7 heteroatoms. The van der Waals surface area contributed by atoms with E-state index in [0.29, 0.717) is 12.2 Å². The molecule has 6 nitrogen and oxygen atoms in total. The fourth-order valence-corrected chi connectivity index (χ4v) is 5.15. The highest BCUT2D eigenvalue weighted by Crippen LogP contribution is 2.55. The molecule has 0 spiro atoms. The van der Waals surface area contributed by atoms with Gasteiger partial charge in [0.15, 0.2) is 0 Å². The van der Waals surface area contributed by atoms with Gasteiger partial charge in [-0.15, -0.1) is 6.58 Å². The highest BCUT2D eigenvalue weighted by molar-refractivity contribution is 6.76. The summed E-state index contributed by atoms with van der Waals surface area (Å²) in [5.41, 5.74) is 1.50. The van der Waals surface area contributed by atoms with Crippen LogP contribution in [0.2, 0.25) is 25.7 Å². The van der Waals surface area contributed by atoms with Crippen LogP contribution in [0.5, 0.6) is 5.75 Å². The summed E-state index contributed by atoms with van der Waals surface area (Å²) in [5.74, 6) is -3.50. The standard InChI is InChI=1S/C22H29NO5Si/c1-5-8-23-21(26)20-18-15-11-13(24)6-7-14(15)16(12-17(18)25)19(20)22(27)28-9-10-29(2,3)4/h5-7,11,16,18-20,24H,1,8-10,12H2,2-4H3,(H,23,26). The highest BCUT2D eigenvalue weighted by atomic mass is 28.3.